The summed E-state index contributed by atoms with van der Waals surface area (Å²) in [4.78, 5) is 0. The lowest BCUT2D eigenvalue weighted by atomic mass is 9.33. The smallest absolute Gasteiger partial charge is 0.236 e. The fourth-order valence-corrected chi connectivity index (χ4v) is 3.72. The van der Waals surface area contributed by atoms with Gasteiger partial charge in [0, 0.05) is 16.4 Å². The van der Waals surface area contributed by atoms with E-state index in [4.69, 9.17) is 0 Å². The summed E-state index contributed by atoms with van der Waals surface area (Å²) < 4.78 is 146. The summed E-state index contributed by atoms with van der Waals surface area (Å²) in [5, 5.41) is 0. The lowest BCUT2D eigenvalue weighted by Crippen LogP contribution is -2.47. The maximum Gasteiger partial charge on any atom is 0.263 e. The normalized spacial score (nSPS) is 31.0. The molecule has 0 radical (unpaired) electrons. The molecule has 0 heterocycles. The SMILES string of the molecule is Cc1ccc(F)c(B(C2=C(F)C(F)C(C)(F)C=C2F)C2=C(F)C(F)C(C)(F)C=C2F)c1F. The molecule has 0 saturated carbocycles. The summed E-state index contributed by atoms with van der Waals surface area (Å²) in [6, 6.07) is 1.50. The van der Waals surface area contributed by atoms with Crippen molar-refractivity contribution in [2.24, 2.45) is 0 Å². The quantitative estimate of drug-likeness (QED) is 0.358. The highest BCUT2D eigenvalue weighted by Crippen LogP contribution is 2.45. The second kappa shape index (κ2) is 7.84. The summed E-state index contributed by atoms with van der Waals surface area (Å²) in [7, 11) is 0. The van der Waals surface area contributed by atoms with Gasteiger partial charge in [-0.05, 0) is 44.6 Å². The van der Waals surface area contributed by atoms with Gasteiger partial charge in [0.25, 0.3) is 6.71 Å². The van der Waals surface area contributed by atoms with Crippen LogP contribution in [-0.4, -0.2) is 30.4 Å². The van der Waals surface area contributed by atoms with Crippen LogP contribution in [-0.2, 0) is 0 Å². The first-order chi connectivity index (χ1) is 14.6. The molecule has 0 N–H and O–H groups in total. The zero-order chi connectivity index (χ0) is 24.3. The number of hydrogen-bond acceptors (Lipinski definition) is 0. The number of alkyl halides is 4. The van der Waals surface area contributed by atoms with Crippen molar-refractivity contribution in [3.05, 3.63) is 75.7 Å². The topological polar surface area (TPSA) is 0 Å². The fourth-order valence-electron chi connectivity index (χ4n) is 3.72. The molecule has 1 aromatic carbocycles. The average molecular weight is 468 g/mol. The van der Waals surface area contributed by atoms with E-state index < -0.39 is 81.7 Å². The molecule has 0 fully saturated rings. The summed E-state index contributed by atoms with van der Waals surface area (Å²) in [6.07, 6.45) is -6.54. The first kappa shape index (κ1) is 24.2. The molecule has 2 aliphatic carbocycles. The molecule has 1 aromatic rings. The Kier molecular flexibility index (Phi) is 5.93. The van der Waals surface area contributed by atoms with E-state index in [-0.39, 0.29) is 17.7 Å². The standard InChI is InChI=1S/C21H15BF10/c1-8-4-5-9(23)12(15(8)26)22(13-10(24)6-20(2,31)18(29)16(13)27)14-11(25)7-21(3,32)19(30)17(14)28/h4-7,18-19H,1-3H3. The van der Waals surface area contributed by atoms with Crippen LogP contribution in [0.15, 0.2) is 58.5 Å². The predicted octanol–water partition coefficient (Wildman–Crippen LogP) is 6.37. The van der Waals surface area contributed by atoms with Crippen LogP contribution in [0.2, 0.25) is 0 Å². The largest absolute Gasteiger partial charge is 0.263 e. The van der Waals surface area contributed by atoms with Crippen LogP contribution in [0.25, 0.3) is 0 Å². The summed E-state index contributed by atoms with van der Waals surface area (Å²) in [5.74, 6) is -11.4. The highest BCUT2D eigenvalue weighted by Gasteiger charge is 2.52. The molecule has 0 spiro atoms. The molecular formula is C21H15BF10. The van der Waals surface area contributed by atoms with E-state index in [1.165, 1.54) is 0 Å². The van der Waals surface area contributed by atoms with Crippen molar-refractivity contribution in [1.29, 1.82) is 0 Å². The van der Waals surface area contributed by atoms with Gasteiger partial charge < -0.3 is 0 Å². The number of halogens is 10. The number of aryl methyl sites for hydroxylation is 1. The van der Waals surface area contributed by atoms with E-state index in [0.29, 0.717) is 19.9 Å². The van der Waals surface area contributed by atoms with Crippen LogP contribution < -0.4 is 5.46 Å². The van der Waals surface area contributed by atoms with Crippen molar-refractivity contribution >= 4 is 12.2 Å². The number of allylic oxidation sites excluding steroid dienone is 8. The van der Waals surface area contributed by atoms with Crippen LogP contribution in [0.5, 0.6) is 0 Å². The van der Waals surface area contributed by atoms with Gasteiger partial charge in [-0.1, -0.05) is 6.07 Å². The Labute approximate surface area is 177 Å². The van der Waals surface area contributed by atoms with Crippen LogP contribution in [0.1, 0.15) is 19.4 Å². The van der Waals surface area contributed by atoms with Gasteiger partial charge in [-0.15, -0.1) is 0 Å². The molecule has 0 aromatic heterocycles. The van der Waals surface area contributed by atoms with Gasteiger partial charge >= 0.3 is 0 Å². The molecule has 172 valence electrons. The summed E-state index contributed by atoms with van der Waals surface area (Å²) >= 11 is 0. The van der Waals surface area contributed by atoms with Crippen molar-refractivity contribution in [2.75, 3.05) is 0 Å². The Morgan fingerprint density at radius 2 is 1.16 bits per heavy atom. The van der Waals surface area contributed by atoms with Crippen molar-refractivity contribution < 1.29 is 43.9 Å². The van der Waals surface area contributed by atoms with E-state index in [1.807, 2.05) is 0 Å². The first-order valence-electron chi connectivity index (χ1n) is 9.28. The van der Waals surface area contributed by atoms with Crippen molar-refractivity contribution in [3.8, 4) is 0 Å². The van der Waals surface area contributed by atoms with E-state index in [9.17, 15) is 43.9 Å². The minimum Gasteiger partial charge on any atom is -0.236 e. The highest BCUT2D eigenvalue weighted by atomic mass is 19.2. The van der Waals surface area contributed by atoms with Crippen LogP contribution >= 0.6 is 0 Å². The monoisotopic (exact) mass is 468 g/mol. The zero-order valence-corrected chi connectivity index (χ0v) is 16.8. The highest BCUT2D eigenvalue weighted by molar-refractivity contribution is 6.87. The molecule has 3 rings (SSSR count). The molecule has 11 heteroatoms. The molecule has 0 saturated heterocycles. The van der Waals surface area contributed by atoms with Gasteiger partial charge in [-0.2, -0.15) is 0 Å². The van der Waals surface area contributed by atoms with E-state index in [2.05, 4.69) is 0 Å². The van der Waals surface area contributed by atoms with Gasteiger partial charge in [0.05, 0.1) is 0 Å². The van der Waals surface area contributed by atoms with E-state index in [1.54, 1.807) is 0 Å². The van der Waals surface area contributed by atoms with Crippen molar-refractivity contribution in [3.63, 3.8) is 0 Å². The number of benzene rings is 1. The molecule has 0 nitrogen and oxygen atoms in total. The molecule has 4 atom stereocenters. The second-order valence-electron chi connectivity index (χ2n) is 8.06. The minimum atomic E-state index is -3.24. The number of rotatable bonds is 3. The van der Waals surface area contributed by atoms with E-state index >= 15 is 0 Å². The minimum absolute atomic E-state index is 0.0657. The van der Waals surface area contributed by atoms with Crippen molar-refractivity contribution in [1.82, 2.24) is 0 Å². The third-order valence-corrected chi connectivity index (χ3v) is 5.47. The molecule has 4 unspecified atom stereocenters. The summed E-state index contributed by atoms with van der Waals surface area (Å²) in [5.41, 5.74) is -11.4. The van der Waals surface area contributed by atoms with Gasteiger partial charge in [-0.25, -0.2) is 43.9 Å². The van der Waals surface area contributed by atoms with Gasteiger partial charge in [0.1, 0.15) is 34.9 Å². The molecule has 0 aliphatic heterocycles. The molecular weight excluding hydrogens is 453 g/mol. The maximum absolute atomic E-state index is 14.9. The summed E-state index contributed by atoms with van der Waals surface area (Å²) in [6.45, 7) is -0.767. The Balaban J connectivity index is 2.43. The Bertz CT molecular complexity index is 1040. The second-order valence-corrected chi connectivity index (χ2v) is 8.06. The molecule has 32 heavy (non-hydrogen) atoms. The van der Waals surface area contributed by atoms with Crippen LogP contribution in [0, 0.1) is 18.6 Å². The van der Waals surface area contributed by atoms with Crippen molar-refractivity contribution in [2.45, 2.75) is 44.5 Å². The Morgan fingerprint density at radius 1 is 0.750 bits per heavy atom. The lowest BCUT2D eigenvalue weighted by Gasteiger charge is -2.32. The van der Waals surface area contributed by atoms with Gasteiger partial charge in [0.2, 0.25) is 0 Å². The predicted molar refractivity (Wildman–Crippen MR) is 100.0 cm³/mol. The van der Waals surface area contributed by atoms with Gasteiger partial charge in [-0.3, -0.25) is 0 Å². The first-order valence-corrected chi connectivity index (χ1v) is 9.28. The Hall–Kier alpha value is -2.46. The molecule has 0 amide bonds. The average Bonchev–Trinajstić information content (AvgIpc) is 2.67. The third-order valence-electron chi connectivity index (χ3n) is 5.47. The number of hydrogen-bond donors (Lipinski definition) is 0. The lowest BCUT2D eigenvalue weighted by molar-refractivity contribution is 0.113. The van der Waals surface area contributed by atoms with Gasteiger partial charge in [0.15, 0.2) is 23.7 Å². The molecule has 2 aliphatic rings. The van der Waals surface area contributed by atoms with Crippen LogP contribution in [0.4, 0.5) is 43.9 Å². The van der Waals surface area contributed by atoms with Crippen LogP contribution in [0.3, 0.4) is 0 Å². The fraction of sp³-hybridized carbons (Fsp3) is 0.333. The maximum atomic E-state index is 14.9. The third kappa shape index (κ3) is 3.69. The molecule has 0 bridgehead atoms. The van der Waals surface area contributed by atoms with E-state index in [0.717, 1.165) is 13.0 Å². The zero-order valence-electron chi connectivity index (χ0n) is 16.8. The Morgan fingerprint density at radius 3 is 1.56 bits per heavy atom.